The molecule has 0 saturated heterocycles. The molecular weight excluding hydrogens is 384 g/mol. The van der Waals surface area contributed by atoms with Crippen molar-refractivity contribution in [1.29, 1.82) is 0 Å². The maximum atomic E-state index is 12.8. The molecule has 152 valence electrons. The normalized spacial score (nSPS) is 14.8. The van der Waals surface area contributed by atoms with Crippen LogP contribution in [0, 0.1) is 13.8 Å². The van der Waals surface area contributed by atoms with Gasteiger partial charge >= 0.3 is 0 Å². The number of nitrogens with zero attached hydrogens (tertiary/aromatic N) is 5. The summed E-state index contributed by atoms with van der Waals surface area (Å²) >= 11 is 1.45. The number of carbonyl (C=O) groups excluding carboxylic acids is 1. The third kappa shape index (κ3) is 4.22. The molecule has 2 aromatic heterocycles. The number of carbonyl (C=O) groups is 1. The summed E-state index contributed by atoms with van der Waals surface area (Å²) in [6, 6.07) is 10.3. The Morgan fingerprint density at radius 3 is 2.59 bits per heavy atom. The first-order valence-electron chi connectivity index (χ1n) is 9.88. The lowest BCUT2D eigenvalue weighted by molar-refractivity contribution is -0.115. The summed E-state index contributed by atoms with van der Waals surface area (Å²) in [5, 5.41) is 16.8. The summed E-state index contributed by atoms with van der Waals surface area (Å²) in [6.45, 7) is 6.47. The van der Waals surface area contributed by atoms with Crippen LogP contribution < -0.4 is 5.32 Å². The van der Waals surface area contributed by atoms with Gasteiger partial charge in [0.25, 0.3) is 0 Å². The number of nitrogens with one attached hydrogen (secondary N) is 1. The van der Waals surface area contributed by atoms with Crippen molar-refractivity contribution in [3.63, 3.8) is 0 Å². The number of benzene rings is 1. The van der Waals surface area contributed by atoms with Gasteiger partial charge in [-0.15, -0.1) is 10.2 Å². The van der Waals surface area contributed by atoms with Gasteiger partial charge in [0.1, 0.15) is 5.82 Å². The highest BCUT2D eigenvalue weighted by Crippen LogP contribution is 2.40. The summed E-state index contributed by atoms with van der Waals surface area (Å²) < 4.78 is 3.95. The van der Waals surface area contributed by atoms with E-state index in [-0.39, 0.29) is 11.2 Å². The molecule has 7 nitrogen and oxygen atoms in total. The SMILES string of the molecule is Cc1nn(C)c(C)c1NC(=O)[C@@H](C)Sc1nnc(C2CC2)n1Cc1ccccc1. The van der Waals surface area contributed by atoms with Crippen LogP contribution in [0.3, 0.4) is 0 Å². The minimum absolute atomic E-state index is 0.0589. The lowest BCUT2D eigenvalue weighted by atomic mass is 10.2. The second-order valence-electron chi connectivity index (χ2n) is 7.61. The zero-order valence-corrected chi connectivity index (χ0v) is 18.0. The van der Waals surface area contributed by atoms with E-state index in [1.165, 1.54) is 17.3 Å². The Balaban J connectivity index is 1.51. The minimum Gasteiger partial charge on any atom is -0.322 e. The van der Waals surface area contributed by atoms with Crippen molar-refractivity contribution in [3.8, 4) is 0 Å². The second-order valence-corrected chi connectivity index (χ2v) is 8.91. The summed E-state index contributed by atoms with van der Waals surface area (Å²) in [5.41, 5.74) is 3.75. The molecule has 0 radical (unpaired) electrons. The Bertz CT molecular complexity index is 1020. The van der Waals surface area contributed by atoms with E-state index in [4.69, 9.17) is 0 Å². The molecule has 1 atom stereocenters. The monoisotopic (exact) mass is 410 g/mol. The second kappa shape index (κ2) is 8.02. The first-order chi connectivity index (χ1) is 13.9. The van der Waals surface area contributed by atoms with E-state index in [1.807, 2.05) is 46.0 Å². The van der Waals surface area contributed by atoms with E-state index in [0.717, 1.165) is 47.4 Å². The standard InChI is InChI=1S/C21H26N6OS/c1-13-18(14(2)26(4)25-13)22-20(28)15(3)29-21-24-23-19(17-10-11-17)27(21)12-16-8-6-5-7-9-16/h5-9,15,17H,10-12H2,1-4H3,(H,22,28)/t15-/m1/s1. The molecule has 29 heavy (non-hydrogen) atoms. The Morgan fingerprint density at radius 1 is 1.24 bits per heavy atom. The number of thioether (sulfide) groups is 1. The third-order valence-corrected chi connectivity index (χ3v) is 6.36. The molecule has 0 spiro atoms. The van der Waals surface area contributed by atoms with Gasteiger partial charge in [-0.2, -0.15) is 5.10 Å². The first-order valence-corrected chi connectivity index (χ1v) is 10.8. The van der Waals surface area contributed by atoms with Gasteiger partial charge in [0, 0.05) is 13.0 Å². The first kappa shape index (κ1) is 19.7. The third-order valence-electron chi connectivity index (χ3n) is 5.28. The Hall–Kier alpha value is -2.61. The summed E-state index contributed by atoms with van der Waals surface area (Å²) in [5.74, 6) is 1.46. The topological polar surface area (TPSA) is 77.6 Å². The molecule has 1 aliphatic rings. The van der Waals surface area contributed by atoms with Crippen LogP contribution in [0.5, 0.6) is 0 Å². The van der Waals surface area contributed by atoms with E-state index >= 15 is 0 Å². The zero-order chi connectivity index (χ0) is 20.5. The lowest BCUT2D eigenvalue weighted by Gasteiger charge is -2.14. The molecule has 0 unspecified atom stereocenters. The van der Waals surface area contributed by atoms with Gasteiger partial charge in [0.05, 0.1) is 28.9 Å². The molecular formula is C21H26N6OS. The van der Waals surface area contributed by atoms with Crippen LogP contribution in [0.1, 0.15) is 48.5 Å². The summed E-state index contributed by atoms with van der Waals surface area (Å²) in [6.07, 6.45) is 2.32. The average molecular weight is 411 g/mol. The highest BCUT2D eigenvalue weighted by atomic mass is 32.2. The summed E-state index contributed by atoms with van der Waals surface area (Å²) in [4.78, 5) is 12.8. The molecule has 8 heteroatoms. The zero-order valence-electron chi connectivity index (χ0n) is 17.2. The Morgan fingerprint density at radius 2 is 1.97 bits per heavy atom. The Labute approximate surface area is 174 Å². The number of aryl methyl sites for hydroxylation is 2. The van der Waals surface area contributed by atoms with E-state index in [9.17, 15) is 4.79 Å². The Kier molecular flexibility index (Phi) is 5.45. The molecule has 1 saturated carbocycles. The van der Waals surface area contributed by atoms with Crippen LogP contribution in [0.2, 0.25) is 0 Å². The van der Waals surface area contributed by atoms with Crippen molar-refractivity contribution < 1.29 is 4.79 Å². The quantitative estimate of drug-likeness (QED) is 0.601. The van der Waals surface area contributed by atoms with Crippen molar-refractivity contribution in [2.75, 3.05) is 5.32 Å². The van der Waals surface area contributed by atoms with Crippen LogP contribution in [0.15, 0.2) is 35.5 Å². The van der Waals surface area contributed by atoms with Crippen LogP contribution in [-0.4, -0.2) is 35.7 Å². The lowest BCUT2D eigenvalue weighted by Crippen LogP contribution is -2.23. The number of aromatic nitrogens is 5. The van der Waals surface area contributed by atoms with Crippen molar-refractivity contribution in [1.82, 2.24) is 24.5 Å². The smallest absolute Gasteiger partial charge is 0.237 e. The van der Waals surface area contributed by atoms with Crippen molar-refractivity contribution >= 4 is 23.4 Å². The van der Waals surface area contributed by atoms with Crippen molar-refractivity contribution in [2.24, 2.45) is 7.05 Å². The number of rotatable bonds is 7. The van der Waals surface area contributed by atoms with Crippen LogP contribution in [-0.2, 0) is 18.4 Å². The fourth-order valence-corrected chi connectivity index (χ4v) is 4.19. The van der Waals surface area contributed by atoms with Gasteiger partial charge in [-0.25, -0.2) is 0 Å². The van der Waals surface area contributed by atoms with Gasteiger partial charge < -0.3 is 9.88 Å². The van der Waals surface area contributed by atoms with Gasteiger partial charge in [-0.1, -0.05) is 42.1 Å². The van der Waals surface area contributed by atoms with E-state index < -0.39 is 0 Å². The van der Waals surface area contributed by atoms with Gasteiger partial charge in [-0.05, 0) is 39.2 Å². The number of hydrogen-bond donors (Lipinski definition) is 1. The molecule has 3 aromatic rings. The maximum absolute atomic E-state index is 12.8. The largest absolute Gasteiger partial charge is 0.322 e. The predicted octanol–water partition coefficient (Wildman–Crippen LogP) is 3.67. The van der Waals surface area contributed by atoms with Crippen LogP contribution >= 0.6 is 11.8 Å². The highest BCUT2D eigenvalue weighted by molar-refractivity contribution is 8.00. The van der Waals surface area contributed by atoms with Gasteiger partial charge in [-0.3, -0.25) is 9.48 Å². The fraction of sp³-hybridized carbons (Fsp3) is 0.429. The molecule has 1 aliphatic carbocycles. The van der Waals surface area contributed by atoms with E-state index in [0.29, 0.717) is 5.92 Å². The molecule has 1 fully saturated rings. The van der Waals surface area contributed by atoms with Crippen LogP contribution in [0.4, 0.5) is 5.69 Å². The minimum atomic E-state index is -0.306. The van der Waals surface area contributed by atoms with Crippen LogP contribution in [0.25, 0.3) is 0 Å². The number of amides is 1. The molecule has 0 aliphatic heterocycles. The predicted molar refractivity (Wildman–Crippen MR) is 114 cm³/mol. The molecule has 0 bridgehead atoms. The van der Waals surface area contributed by atoms with E-state index in [2.05, 4.69) is 37.3 Å². The number of anilines is 1. The maximum Gasteiger partial charge on any atom is 0.237 e. The van der Waals surface area contributed by atoms with E-state index in [1.54, 1.807) is 4.68 Å². The highest BCUT2D eigenvalue weighted by Gasteiger charge is 2.31. The van der Waals surface area contributed by atoms with Crippen molar-refractivity contribution in [2.45, 2.75) is 56.5 Å². The average Bonchev–Trinajstić information content (AvgIpc) is 3.44. The van der Waals surface area contributed by atoms with Gasteiger partial charge in [0.2, 0.25) is 5.91 Å². The molecule has 4 rings (SSSR count). The van der Waals surface area contributed by atoms with Gasteiger partial charge in [0.15, 0.2) is 5.16 Å². The molecule has 1 aromatic carbocycles. The molecule has 1 N–H and O–H groups in total. The molecule has 1 amide bonds. The molecule has 2 heterocycles. The number of hydrogen-bond acceptors (Lipinski definition) is 5. The van der Waals surface area contributed by atoms with Crippen molar-refractivity contribution in [3.05, 3.63) is 53.1 Å². The fourth-order valence-electron chi connectivity index (χ4n) is 3.34. The summed E-state index contributed by atoms with van der Waals surface area (Å²) in [7, 11) is 1.88.